The van der Waals surface area contributed by atoms with Crippen LogP contribution >= 0.6 is 11.3 Å². The van der Waals surface area contributed by atoms with Crippen molar-refractivity contribution >= 4 is 22.3 Å². The topological polar surface area (TPSA) is 65.2 Å². The number of ether oxygens (including phenoxy) is 1. The monoisotopic (exact) mass is 288 g/mol. The van der Waals surface area contributed by atoms with Gasteiger partial charge >= 0.3 is 5.63 Å². The Bertz CT molecular complexity index is 809. The third-order valence-electron chi connectivity index (χ3n) is 2.80. The first-order valence-corrected chi connectivity index (χ1v) is 6.94. The molecule has 2 aromatic heterocycles. The summed E-state index contributed by atoms with van der Waals surface area (Å²) in [5.74, 6) is 0.632. The zero-order chi connectivity index (χ0) is 14.1. The molecule has 1 atom stereocenters. The molecule has 3 rings (SSSR count). The van der Waals surface area contributed by atoms with Gasteiger partial charge in [0, 0.05) is 17.5 Å². The van der Waals surface area contributed by atoms with Gasteiger partial charge in [0.05, 0.1) is 0 Å². The van der Waals surface area contributed by atoms with E-state index in [1.165, 1.54) is 17.4 Å². The largest absolute Gasteiger partial charge is 0.483 e. The molecule has 0 saturated heterocycles. The van der Waals surface area contributed by atoms with E-state index < -0.39 is 0 Å². The number of hydrogen-bond acceptors (Lipinski definition) is 6. The summed E-state index contributed by atoms with van der Waals surface area (Å²) in [7, 11) is 0. The van der Waals surface area contributed by atoms with Crippen LogP contribution < -0.4 is 10.4 Å². The molecule has 0 aliphatic heterocycles. The van der Waals surface area contributed by atoms with Crippen LogP contribution in [0.3, 0.4) is 0 Å². The SMILES string of the molecule is Cc1nnc([C@@H](C)Oc2ccc3ccc(=O)oc3c2)s1. The molecule has 0 spiro atoms. The van der Waals surface area contributed by atoms with E-state index in [9.17, 15) is 4.79 Å². The van der Waals surface area contributed by atoms with Crippen LogP contribution in [0.25, 0.3) is 11.0 Å². The summed E-state index contributed by atoms with van der Waals surface area (Å²) in [4.78, 5) is 11.2. The zero-order valence-corrected chi connectivity index (χ0v) is 11.8. The Balaban J connectivity index is 1.88. The third-order valence-corrected chi connectivity index (χ3v) is 3.80. The van der Waals surface area contributed by atoms with Crippen molar-refractivity contribution in [1.82, 2.24) is 10.2 Å². The van der Waals surface area contributed by atoms with Crippen molar-refractivity contribution in [2.24, 2.45) is 0 Å². The Hall–Kier alpha value is -2.21. The van der Waals surface area contributed by atoms with Gasteiger partial charge in [-0.25, -0.2) is 4.79 Å². The molecule has 0 N–H and O–H groups in total. The van der Waals surface area contributed by atoms with E-state index in [1.54, 1.807) is 12.1 Å². The summed E-state index contributed by atoms with van der Waals surface area (Å²) in [6.45, 7) is 3.81. The Morgan fingerprint density at radius 3 is 2.80 bits per heavy atom. The van der Waals surface area contributed by atoms with Crippen molar-refractivity contribution in [3.63, 3.8) is 0 Å². The van der Waals surface area contributed by atoms with Crippen LogP contribution in [0.4, 0.5) is 0 Å². The Kier molecular flexibility index (Phi) is 3.23. The summed E-state index contributed by atoms with van der Waals surface area (Å²) in [6.07, 6.45) is -0.200. The van der Waals surface area contributed by atoms with E-state index in [2.05, 4.69) is 10.2 Å². The maximum atomic E-state index is 11.2. The standard InChI is InChI=1S/C14H12N2O3S/c1-8(14-16-15-9(2)20-14)18-11-5-3-10-4-6-13(17)19-12(10)7-11/h3-8H,1-2H3/t8-/m1/s1. The second-order valence-corrected chi connectivity index (χ2v) is 5.59. The maximum absolute atomic E-state index is 11.2. The second kappa shape index (κ2) is 5.05. The average Bonchev–Trinajstić information content (AvgIpc) is 2.85. The lowest BCUT2D eigenvalue weighted by Crippen LogP contribution is -2.03. The molecule has 0 unspecified atom stereocenters. The molecule has 0 fully saturated rings. The average molecular weight is 288 g/mol. The molecule has 0 bridgehead atoms. The highest BCUT2D eigenvalue weighted by Gasteiger charge is 2.12. The molecule has 6 heteroatoms. The van der Waals surface area contributed by atoms with Crippen LogP contribution in [0.1, 0.15) is 23.0 Å². The molecule has 5 nitrogen and oxygen atoms in total. The summed E-state index contributed by atoms with van der Waals surface area (Å²) in [5, 5.41) is 10.6. The summed E-state index contributed by atoms with van der Waals surface area (Å²) < 4.78 is 10.9. The molecule has 0 aliphatic rings. The maximum Gasteiger partial charge on any atom is 0.336 e. The molecule has 102 valence electrons. The fourth-order valence-corrected chi connectivity index (χ4v) is 2.53. The van der Waals surface area contributed by atoms with Gasteiger partial charge in [0.15, 0.2) is 5.01 Å². The number of nitrogens with zero attached hydrogens (tertiary/aromatic N) is 2. The quantitative estimate of drug-likeness (QED) is 0.693. The number of fused-ring (bicyclic) bond motifs is 1. The van der Waals surface area contributed by atoms with Crippen molar-refractivity contribution in [2.75, 3.05) is 0 Å². The van der Waals surface area contributed by atoms with Crippen LogP contribution in [0.15, 0.2) is 39.5 Å². The smallest absolute Gasteiger partial charge is 0.336 e. The lowest BCUT2D eigenvalue weighted by molar-refractivity contribution is 0.225. The number of aromatic nitrogens is 2. The number of hydrogen-bond donors (Lipinski definition) is 0. The first kappa shape index (κ1) is 12.8. The molecule has 3 aromatic rings. The lowest BCUT2D eigenvalue weighted by atomic mass is 10.2. The molecule has 2 heterocycles. The highest BCUT2D eigenvalue weighted by atomic mass is 32.1. The molecule has 0 saturated carbocycles. The second-order valence-electron chi connectivity index (χ2n) is 4.37. The highest BCUT2D eigenvalue weighted by molar-refractivity contribution is 7.11. The Morgan fingerprint density at radius 2 is 2.05 bits per heavy atom. The number of rotatable bonds is 3. The van der Waals surface area contributed by atoms with Crippen LogP contribution in [0, 0.1) is 6.92 Å². The molecule has 0 radical (unpaired) electrons. The fraction of sp³-hybridized carbons (Fsp3) is 0.214. The van der Waals surface area contributed by atoms with Crippen molar-refractivity contribution in [1.29, 1.82) is 0 Å². The summed E-state index contributed by atoms with van der Waals surface area (Å²) in [6, 6.07) is 8.53. The van der Waals surface area contributed by atoms with Gasteiger partial charge in [-0.1, -0.05) is 11.3 Å². The fourth-order valence-electron chi connectivity index (χ4n) is 1.84. The van der Waals surface area contributed by atoms with Gasteiger partial charge in [-0.3, -0.25) is 0 Å². The van der Waals surface area contributed by atoms with Gasteiger partial charge in [-0.05, 0) is 32.0 Å². The van der Waals surface area contributed by atoms with E-state index >= 15 is 0 Å². The van der Waals surface area contributed by atoms with E-state index in [0.717, 1.165) is 15.4 Å². The van der Waals surface area contributed by atoms with Gasteiger partial charge in [-0.2, -0.15) is 0 Å². The Morgan fingerprint density at radius 1 is 1.25 bits per heavy atom. The molecular weight excluding hydrogens is 276 g/mol. The third kappa shape index (κ3) is 2.55. The predicted molar refractivity (Wildman–Crippen MR) is 76.2 cm³/mol. The molecule has 20 heavy (non-hydrogen) atoms. The zero-order valence-electron chi connectivity index (χ0n) is 11.0. The van der Waals surface area contributed by atoms with E-state index in [-0.39, 0.29) is 11.7 Å². The van der Waals surface area contributed by atoms with Crippen molar-refractivity contribution in [3.05, 3.63) is 50.8 Å². The number of benzene rings is 1. The van der Waals surface area contributed by atoms with Gasteiger partial charge in [0.2, 0.25) is 0 Å². The van der Waals surface area contributed by atoms with Crippen LogP contribution in [-0.2, 0) is 0 Å². The molecular formula is C14H12N2O3S. The van der Waals surface area contributed by atoms with Gasteiger partial charge < -0.3 is 9.15 Å². The number of aryl methyl sites for hydroxylation is 1. The van der Waals surface area contributed by atoms with E-state index in [1.807, 2.05) is 26.0 Å². The molecule has 1 aromatic carbocycles. The van der Waals surface area contributed by atoms with Crippen molar-refractivity contribution in [2.45, 2.75) is 20.0 Å². The van der Waals surface area contributed by atoms with E-state index in [0.29, 0.717) is 11.3 Å². The summed E-state index contributed by atoms with van der Waals surface area (Å²) >= 11 is 1.50. The minimum absolute atomic E-state index is 0.200. The predicted octanol–water partition coefficient (Wildman–Crippen LogP) is 3.09. The van der Waals surface area contributed by atoms with Gasteiger partial charge in [-0.15, -0.1) is 10.2 Å². The normalized spacial score (nSPS) is 12.5. The molecule has 0 amide bonds. The van der Waals surface area contributed by atoms with Crippen molar-refractivity contribution in [3.8, 4) is 5.75 Å². The van der Waals surface area contributed by atoms with Crippen LogP contribution in [0.5, 0.6) is 5.75 Å². The van der Waals surface area contributed by atoms with Crippen LogP contribution in [0.2, 0.25) is 0 Å². The highest BCUT2D eigenvalue weighted by Crippen LogP contribution is 2.26. The minimum atomic E-state index is -0.373. The van der Waals surface area contributed by atoms with Gasteiger partial charge in [0.25, 0.3) is 0 Å². The van der Waals surface area contributed by atoms with Gasteiger partial charge in [0.1, 0.15) is 22.4 Å². The van der Waals surface area contributed by atoms with Crippen molar-refractivity contribution < 1.29 is 9.15 Å². The first-order valence-electron chi connectivity index (χ1n) is 6.12. The van der Waals surface area contributed by atoms with Crippen LogP contribution in [-0.4, -0.2) is 10.2 Å². The van der Waals surface area contributed by atoms with E-state index in [4.69, 9.17) is 9.15 Å². The Labute approximate surface area is 118 Å². The lowest BCUT2D eigenvalue weighted by Gasteiger charge is -2.11. The molecule has 0 aliphatic carbocycles. The first-order chi connectivity index (χ1) is 9.61. The summed E-state index contributed by atoms with van der Waals surface area (Å²) in [5.41, 5.74) is 0.137. The minimum Gasteiger partial charge on any atom is -0.483 e.